The van der Waals surface area contributed by atoms with Gasteiger partial charge in [-0.2, -0.15) is 0 Å². The Morgan fingerprint density at radius 2 is 2.13 bits per heavy atom. The number of halogens is 1. The summed E-state index contributed by atoms with van der Waals surface area (Å²) in [4.78, 5) is 24.1. The van der Waals surface area contributed by atoms with Crippen molar-refractivity contribution in [3.05, 3.63) is 47.2 Å². The van der Waals surface area contributed by atoms with Gasteiger partial charge in [0.2, 0.25) is 0 Å². The van der Waals surface area contributed by atoms with Crippen LogP contribution in [-0.2, 0) is 15.1 Å². The van der Waals surface area contributed by atoms with Crippen molar-refractivity contribution in [3.63, 3.8) is 0 Å². The van der Waals surface area contributed by atoms with Gasteiger partial charge < -0.3 is 15.2 Å². The van der Waals surface area contributed by atoms with E-state index < -0.39 is 5.54 Å². The Balaban J connectivity index is 1.67. The molecule has 0 bridgehead atoms. The van der Waals surface area contributed by atoms with Crippen LogP contribution >= 0.6 is 11.6 Å². The molecule has 3 heterocycles. The number of amides is 1. The van der Waals surface area contributed by atoms with E-state index in [0.717, 1.165) is 29.5 Å². The van der Waals surface area contributed by atoms with E-state index in [-0.39, 0.29) is 30.0 Å². The molecule has 1 amide bonds. The Morgan fingerprint density at radius 3 is 2.84 bits per heavy atom. The number of guanidine groups is 1. The molecule has 1 aromatic heterocycles. The number of rotatable bonds is 3. The van der Waals surface area contributed by atoms with Crippen LogP contribution in [0.1, 0.15) is 31.7 Å². The number of carbonyl (C=O) groups is 1. The highest BCUT2D eigenvalue weighted by atomic mass is 35.5. The first kappa shape index (κ1) is 20.3. The molecule has 2 aromatic rings. The summed E-state index contributed by atoms with van der Waals surface area (Å²) in [5, 5.41) is 0.548. The molecular formula is C23H25ClN4O3. The fourth-order valence-electron chi connectivity index (χ4n) is 5.19. The number of likely N-dealkylation sites (N-methyl/N-ethyl adjacent to an activating group) is 1. The highest BCUT2D eigenvalue weighted by Crippen LogP contribution is 2.54. The molecule has 0 saturated heterocycles. The summed E-state index contributed by atoms with van der Waals surface area (Å²) in [5.41, 5.74) is 7.54. The third-order valence-corrected chi connectivity index (χ3v) is 6.86. The number of nitrogens with two attached hydrogens (primary N) is 1. The van der Waals surface area contributed by atoms with Crippen molar-refractivity contribution in [2.75, 3.05) is 13.7 Å². The molecule has 5 rings (SSSR count). The van der Waals surface area contributed by atoms with E-state index in [1.165, 1.54) is 4.90 Å². The van der Waals surface area contributed by atoms with Gasteiger partial charge in [-0.05, 0) is 49.9 Å². The van der Waals surface area contributed by atoms with Gasteiger partial charge in [0.05, 0.1) is 11.1 Å². The predicted molar refractivity (Wildman–Crippen MR) is 118 cm³/mol. The summed E-state index contributed by atoms with van der Waals surface area (Å²) < 4.78 is 12.3. The zero-order chi connectivity index (χ0) is 21.8. The number of fused-ring (bicyclic) bond motifs is 4. The summed E-state index contributed by atoms with van der Waals surface area (Å²) in [6.07, 6.45) is 5.70. The second kappa shape index (κ2) is 7.50. The summed E-state index contributed by atoms with van der Waals surface area (Å²) in [5.74, 6) is 0.622. The first-order valence-corrected chi connectivity index (χ1v) is 11.0. The molecule has 1 spiro atoms. The summed E-state index contributed by atoms with van der Waals surface area (Å²) in [6, 6.07) is 7.69. The van der Waals surface area contributed by atoms with Gasteiger partial charge in [-0.15, -0.1) is 0 Å². The number of pyridine rings is 1. The molecule has 1 aliphatic carbocycles. The number of aliphatic imine (C=N–C) groups is 1. The number of nitrogens with zero attached hydrogens (tertiary/aromatic N) is 3. The van der Waals surface area contributed by atoms with Gasteiger partial charge in [0.15, 0.2) is 11.5 Å². The molecule has 1 aromatic carbocycles. The molecule has 3 unspecified atom stereocenters. The van der Waals surface area contributed by atoms with Crippen molar-refractivity contribution in [2.45, 2.75) is 43.9 Å². The van der Waals surface area contributed by atoms with E-state index in [1.807, 2.05) is 31.2 Å². The molecule has 8 heteroatoms. The molecule has 2 aliphatic heterocycles. The van der Waals surface area contributed by atoms with Crippen LogP contribution in [0.5, 0.6) is 5.75 Å². The number of benzene rings is 1. The Bertz CT molecular complexity index is 1070. The second-order valence-electron chi connectivity index (χ2n) is 8.36. The predicted octanol–water partition coefficient (Wildman–Crippen LogP) is 3.35. The Kier molecular flexibility index (Phi) is 4.90. The number of ether oxygens (including phenoxy) is 2. The van der Waals surface area contributed by atoms with E-state index in [0.29, 0.717) is 23.8 Å². The minimum Gasteiger partial charge on any atom is -0.490 e. The molecule has 7 nitrogen and oxygen atoms in total. The standard InChI is InChI=1S/C23H25ClN4O3/c1-3-30-16-5-7-20-18(10-16)23(21(29)28(2)22(25)27-23)17-9-13(4-6-19(17)31-20)14-8-15(24)12-26-11-14/h4,6,8-9,11-12,16,18,20H,3,5,7,10H2,1-2H3,(H2,25,27)/t16?,18-,20?,23?/m0/s1. The maximum Gasteiger partial charge on any atom is 0.262 e. The van der Waals surface area contributed by atoms with Crippen LogP contribution in [0.15, 0.2) is 41.7 Å². The molecule has 31 heavy (non-hydrogen) atoms. The zero-order valence-electron chi connectivity index (χ0n) is 17.5. The van der Waals surface area contributed by atoms with Crippen molar-refractivity contribution < 1.29 is 14.3 Å². The molecule has 0 radical (unpaired) electrons. The van der Waals surface area contributed by atoms with Crippen LogP contribution in [0.25, 0.3) is 11.1 Å². The van der Waals surface area contributed by atoms with Gasteiger partial charge in [-0.25, -0.2) is 4.99 Å². The topological polar surface area (TPSA) is 90.0 Å². The fourth-order valence-corrected chi connectivity index (χ4v) is 5.37. The highest BCUT2D eigenvalue weighted by molar-refractivity contribution is 6.30. The third kappa shape index (κ3) is 3.10. The number of hydrogen-bond donors (Lipinski definition) is 1. The molecule has 162 valence electrons. The number of carbonyl (C=O) groups excluding carboxylic acids is 1. The molecule has 4 atom stereocenters. The number of aromatic nitrogens is 1. The van der Waals surface area contributed by atoms with E-state index in [1.54, 1.807) is 19.4 Å². The largest absolute Gasteiger partial charge is 0.490 e. The maximum atomic E-state index is 13.7. The van der Waals surface area contributed by atoms with E-state index >= 15 is 0 Å². The lowest BCUT2D eigenvalue weighted by Gasteiger charge is -2.47. The second-order valence-corrected chi connectivity index (χ2v) is 8.79. The van der Waals surface area contributed by atoms with E-state index in [2.05, 4.69) is 4.98 Å². The maximum absolute atomic E-state index is 13.7. The Labute approximate surface area is 186 Å². The van der Waals surface area contributed by atoms with E-state index in [4.69, 9.17) is 31.8 Å². The van der Waals surface area contributed by atoms with Gasteiger partial charge in [0.25, 0.3) is 5.91 Å². The summed E-state index contributed by atoms with van der Waals surface area (Å²) in [7, 11) is 1.67. The van der Waals surface area contributed by atoms with E-state index in [9.17, 15) is 4.79 Å². The van der Waals surface area contributed by atoms with Crippen LogP contribution in [0.4, 0.5) is 0 Å². The van der Waals surface area contributed by atoms with Gasteiger partial charge >= 0.3 is 0 Å². The Morgan fingerprint density at radius 1 is 1.29 bits per heavy atom. The van der Waals surface area contributed by atoms with Gasteiger partial charge in [0.1, 0.15) is 11.9 Å². The highest BCUT2D eigenvalue weighted by Gasteiger charge is 2.61. The molecular weight excluding hydrogens is 416 g/mol. The average Bonchev–Trinajstić information content (AvgIpc) is 2.99. The SMILES string of the molecule is CCOC1CCC2Oc3ccc(-c4cncc(Cl)c4)cc3C3(N=C(N)N(C)C3=O)[C@H]2C1. The first-order chi connectivity index (χ1) is 14.9. The third-order valence-electron chi connectivity index (χ3n) is 6.65. The average molecular weight is 441 g/mol. The van der Waals surface area contributed by atoms with Crippen LogP contribution in [-0.4, -0.2) is 47.6 Å². The zero-order valence-corrected chi connectivity index (χ0v) is 18.3. The van der Waals surface area contributed by atoms with Crippen molar-refractivity contribution in [2.24, 2.45) is 16.6 Å². The van der Waals surface area contributed by atoms with Crippen molar-refractivity contribution in [1.82, 2.24) is 9.88 Å². The minimum absolute atomic E-state index is 0.0729. The molecule has 1 fully saturated rings. The number of hydrogen-bond acceptors (Lipinski definition) is 6. The lowest BCUT2D eigenvalue weighted by Crippen LogP contribution is -2.55. The minimum atomic E-state index is -1.12. The van der Waals surface area contributed by atoms with Gasteiger partial charge in [0, 0.05) is 43.1 Å². The Hall–Kier alpha value is -2.64. The van der Waals surface area contributed by atoms with Crippen LogP contribution in [0, 0.1) is 5.92 Å². The monoisotopic (exact) mass is 440 g/mol. The first-order valence-electron chi connectivity index (χ1n) is 10.6. The van der Waals surface area contributed by atoms with Crippen molar-refractivity contribution >= 4 is 23.5 Å². The lowest BCUT2D eigenvalue weighted by molar-refractivity contribution is -0.139. The quantitative estimate of drug-likeness (QED) is 0.790. The van der Waals surface area contributed by atoms with Gasteiger partial charge in [-0.1, -0.05) is 17.7 Å². The van der Waals surface area contributed by atoms with Gasteiger partial charge in [-0.3, -0.25) is 14.7 Å². The summed E-state index contributed by atoms with van der Waals surface area (Å²) in [6.45, 7) is 2.63. The summed E-state index contributed by atoms with van der Waals surface area (Å²) >= 11 is 6.16. The smallest absolute Gasteiger partial charge is 0.262 e. The van der Waals surface area contributed by atoms with Crippen LogP contribution in [0.3, 0.4) is 0 Å². The molecule has 3 aliphatic rings. The van der Waals surface area contributed by atoms with Crippen LogP contribution < -0.4 is 10.5 Å². The van der Waals surface area contributed by atoms with Crippen LogP contribution in [0.2, 0.25) is 5.02 Å². The molecule has 1 saturated carbocycles. The lowest BCUT2D eigenvalue weighted by atomic mass is 9.66. The fraction of sp³-hybridized carbons (Fsp3) is 0.435. The van der Waals surface area contributed by atoms with Crippen molar-refractivity contribution in [1.29, 1.82) is 0 Å². The van der Waals surface area contributed by atoms with Crippen molar-refractivity contribution in [3.8, 4) is 16.9 Å². The molecule has 2 N–H and O–H groups in total. The normalized spacial score (nSPS) is 29.4.